The van der Waals surface area contributed by atoms with E-state index in [0.717, 1.165) is 69.2 Å². The van der Waals surface area contributed by atoms with E-state index < -0.39 is 211 Å². The van der Waals surface area contributed by atoms with E-state index in [0.29, 0.717) is 0 Å². The van der Waals surface area contributed by atoms with Gasteiger partial charge in [0.15, 0.2) is 49.2 Å². The number of carbonyl (C=O) groups excluding carboxylic acids is 10. The summed E-state index contributed by atoms with van der Waals surface area (Å²) in [6, 6.07) is -2.03. The standard InChI is InChI=1S/C47H63Cl3N4O27/c1-16-28(13-29(68-20(5)57)35(71-23(8)60)33(16)69-21(6)58)76-42-40(74-26(11)63)37(72-24(9)61)31(15-66-19(4)56)78-45(42)79-36-30(14-65-18(3)55)77-43(81-46(51)47(48,49)50)32(53-54-52)38(36)80-44-41(75-27(12)64)39(73-25(10)62)34(17(2)67-44)70-22(7)59/h16-17,28-45,51H,13-15H2,1-12H3/t16?,17?,28-,29?,30?,31?,32?,33+,34-,35+,36+,37+,38-,39?,40+,41+,42-,43?,44-,45+/m1/s1. The Hall–Kier alpha value is -5.89. The zero-order valence-corrected chi connectivity index (χ0v) is 47.9. The van der Waals surface area contributed by atoms with Crippen LogP contribution in [0, 0.1) is 11.3 Å². The maximum Gasteiger partial charge on any atom is 0.303 e. The SMILES string of the molecule is CC(=O)OCC1O[C@@H](O[C@H]2C(COC(C)=O)OC(OC(=N)C(Cl)(Cl)Cl)C(N=[N+]=[N-])[C@H]2O[C@H]2OC(C)[C@@H](OC(C)=O)C(OC(C)=O)[C@@H]2OC(C)=O)[C@H](O[C@@H]2CC(OC(C)=O)[C@H](OC(C)=O)[C@@H](OC(C)=O)C2C)[C@@H](OC(C)=O)[C@H]1OC(C)=O. The van der Waals surface area contributed by atoms with E-state index in [1.165, 1.54) is 13.8 Å². The van der Waals surface area contributed by atoms with E-state index in [-0.39, 0.29) is 0 Å². The van der Waals surface area contributed by atoms with Gasteiger partial charge in [-0.3, -0.25) is 53.4 Å². The van der Waals surface area contributed by atoms with Crippen LogP contribution in [0.2, 0.25) is 0 Å². The van der Waals surface area contributed by atoms with Crippen molar-refractivity contribution in [3.05, 3.63) is 10.4 Å². The highest BCUT2D eigenvalue weighted by atomic mass is 35.6. The maximum atomic E-state index is 13.2. The predicted molar refractivity (Wildman–Crippen MR) is 264 cm³/mol. The zero-order valence-electron chi connectivity index (χ0n) is 45.7. The summed E-state index contributed by atoms with van der Waals surface area (Å²) >= 11 is 18.0. The second kappa shape index (κ2) is 29.9. The molecule has 454 valence electrons. The molecule has 81 heavy (non-hydrogen) atoms. The Morgan fingerprint density at radius 3 is 1.36 bits per heavy atom. The van der Waals surface area contributed by atoms with Crippen molar-refractivity contribution in [2.24, 2.45) is 11.0 Å². The van der Waals surface area contributed by atoms with Gasteiger partial charge in [0.1, 0.15) is 62.0 Å². The van der Waals surface area contributed by atoms with Gasteiger partial charge < -0.3 is 80.5 Å². The fraction of sp³-hybridized carbons (Fsp3) is 0.766. The van der Waals surface area contributed by atoms with Crippen LogP contribution in [0.4, 0.5) is 0 Å². The minimum Gasteiger partial charge on any atom is -0.463 e. The average Bonchev–Trinajstić information content (AvgIpc) is 3.55. The average molecular weight is 1220 g/mol. The second-order valence-corrected chi connectivity index (χ2v) is 20.9. The molecule has 1 N–H and O–H groups in total. The lowest BCUT2D eigenvalue weighted by atomic mass is 9.80. The lowest BCUT2D eigenvalue weighted by Gasteiger charge is -2.51. The minimum atomic E-state index is -2.64. The van der Waals surface area contributed by atoms with Crippen LogP contribution in [0.1, 0.15) is 89.5 Å². The molecule has 34 heteroatoms. The summed E-state index contributed by atoms with van der Waals surface area (Å²) in [7, 11) is 0. The molecule has 0 aromatic carbocycles. The minimum absolute atomic E-state index is 0.394. The van der Waals surface area contributed by atoms with Crippen molar-refractivity contribution in [3.63, 3.8) is 0 Å². The molecule has 4 rings (SSSR count). The van der Waals surface area contributed by atoms with E-state index >= 15 is 0 Å². The molecule has 31 nitrogen and oxygen atoms in total. The zero-order chi connectivity index (χ0) is 61.0. The molecule has 8 unspecified atom stereocenters. The third-order valence-electron chi connectivity index (χ3n) is 12.1. The fourth-order valence-electron chi connectivity index (χ4n) is 9.23. The van der Waals surface area contributed by atoms with Crippen molar-refractivity contribution in [1.29, 1.82) is 5.41 Å². The van der Waals surface area contributed by atoms with Gasteiger partial charge in [-0.15, -0.1) is 0 Å². The smallest absolute Gasteiger partial charge is 0.303 e. The largest absolute Gasteiger partial charge is 0.463 e. The van der Waals surface area contributed by atoms with Gasteiger partial charge in [0, 0.05) is 86.5 Å². The molecular weight excluding hydrogens is 1160 g/mol. The molecule has 0 amide bonds. The normalized spacial score (nSPS) is 33.7. The number of halogens is 3. The molecule has 0 aromatic rings. The monoisotopic (exact) mass is 1220 g/mol. The van der Waals surface area contributed by atoms with Gasteiger partial charge in [0.05, 0.1) is 12.2 Å². The fourth-order valence-corrected chi connectivity index (χ4v) is 9.37. The summed E-state index contributed by atoms with van der Waals surface area (Å²) in [6.07, 6.45) is -32.0. The van der Waals surface area contributed by atoms with E-state index in [2.05, 4.69) is 10.0 Å². The number of ether oxygens (including phenoxy) is 17. The number of esters is 10. The highest BCUT2D eigenvalue weighted by Crippen LogP contribution is 2.42. The second-order valence-electron chi connectivity index (χ2n) is 18.6. The van der Waals surface area contributed by atoms with Crippen molar-refractivity contribution in [2.75, 3.05) is 13.2 Å². The Morgan fingerprint density at radius 1 is 0.469 bits per heavy atom. The number of nitrogens with one attached hydrogen (secondary N) is 1. The van der Waals surface area contributed by atoms with Crippen LogP contribution in [0.5, 0.6) is 0 Å². The summed E-state index contributed by atoms with van der Waals surface area (Å²) in [6.45, 7) is 11.2. The lowest BCUT2D eigenvalue weighted by Crippen LogP contribution is -2.68. The first-order chi connectivity index (χ1) is 37.7. The van der Waals surface area contributed by atoms with Crippen LogP contribution in [-0.4, -0.2) is 199 Å². The highest BCUT2D eigenvalue weighted by Gasteiger charge is 2.60. The maximum absolute atomic E-state index is 13.2. The summed E-state index contributed by atoms with van der Waals surface area (Å²) in [5, 5.41) is 12.3. The Labute approximate surface area is 477 Å². The number of carbonyl (C=O) groups is 10. The molecule has 4 fully saturated rings. The predicted octanol–water partition coefficient (Wildman–Crippen LogP) is 2.37. The molecule has 0 bridgehead atoms. The number of azide groups is 1. The summed E-state index contributed by atoms with van der Waals surface area (Å²) in [4.78, 5) is 130. The van der Waals surface area contributed by atoms with Crippen LogP contribution in [0.15, 0.2) is 5.11 Å². The summed E-state index contributed by atoms with van der Waals surface area (Å²) < 4.78 is 97.7. The molecule has 3 aliphatic heterocycles. The quantitative estimate of drug-likeness (QED) is 0.0267. The molecule has 0 aromatic heterocycles. The third kappa shape index (κ3) is 19.4. The number of hydrogen-bond acceptors (Lipinski definition) is 29. The van der Waals surface area contributed by atoms with Gasteiger partial charge in [-0.2, -0.15) is 0 Å². The number of hydrogen-bond donors (Lipinski definition) is 1. The summed E-state index contributed by atoms with van der Waals surface area (Å²) in [5.41, 5.74) is 10.2. The molecule has 3 heterocycles. The third-order valence-corrected chi connectivity index (χ3v) is 12.6. The van der Waals surface area contributed by atoms with Crippen molar-refractivity contribution >= 4 is 100 Å². The highest BCUT2D eigenvalue weighted by molar-refractivity contribution is 6.76. The van der Waals surface area contributed by atoms with E-state index in [9.17, 15) is 53.5 Å². The Balaban J connectivity index is 2.10. The van der Waals surface area contributed by atoms with Gasteiger partial charge in [0.2, 0.25) is 12.2 Å². The molecule has 4 aliphatic rings. The van der Waals surface area contributed by atoms with Crippen molar-refractivity contribution in [2.45, 2.75) is 210 Å². The lowest BCUT2D eigenvalue weighted by molar-refractivity contribution is -0.375. The Bertz CT molecular complexity index is 2390. The molecule has 0 radical (unpaired) electrons. The van der Waals surface area contributed by atoms with Gasteiger partial charge in [-0.1, -0.05) is 46.8 Å². The molecule has 3 saturated heterocycles. The van der Waals surface area contributed by atoms with Crippen LogP contribution in [-0.2, 0) is 128 Å². The Morgan fingerprint density at radius 2 is 0.877 bits per heavy atom. The van der Waals surface area contributed by atoms with E-state index in [1.54, 1.807) is 0 Å². The first-order valence-corrected chi connectivity index (χ1v) is 25.8. The van der Waals surface area contributed by atoms with Crippen LogP contribution in [0.25, 0.3) is 10.4 Å². The first-order valence-electron chi connectivity index (χ1n) is 24.7. The topological polar surface area (TPSA) is 400 Å². The van der Waals surface area contributed by atoms with Crippen LogP contribution in [0.3, 0.4) is 0 Å². The first kappa shape index (κ1) is 67.6. The number of nitrogens with zero attached hydrogens (tertiary/aromatic N) is 3. The number of alkyl halides is 3. The van der Waals surface area contributed by atoms with Crippen molar-refractivity contribution in [1.82, 2.24) is 0 Å². The molecule has 0 spiro atoms. The van der Waals surface area contributed by atoms with Gasteiger partial charge >= 0.3 is 59.7 Å². The number of rotatable bonds is 20. The molecule has 1 aliphatic carbocycles. The van der Waals surface area contributed by atoms with Crippen LogP contribution >= 0.6 is 34.8 Å². The van der Waals surface area contributed by atoms with Crippen molar-refractivity contribution in [3.8, 4) is 0 Å². The van der Waals surface area contributed by atoms with Gasteiger partial charge in [-0.25, -0.2) is 0 Å². The molecule has 1 saturated carbocycles. The van der Waals surface area contributed by atoms with Crippen molar-refractivity contribution < 1.29 is 128 Å². The molecule has 20 atom stereocenters. The van der Waals surface area contributed by atoms with Gasteiger partial charge in [-0.05, 0) is 12.5 Å². The van der Waals surface area contributed by atoms with E-state index in [1.807, 2.05) is 0 Å². The van der Waals surface area contributed by atoms with E-state index in [4.69, 9.17) is 121 Å². The van der Waals surface area contributed by atoms with Crippen LogP contribution < -0.4 is 0 Å². The Kier molecular flexibility index (Phi) is 25.0. The summed E-state index contributed by atoms with van der Waals surface area (Å²) in [5.74, 6) is -11.7. The molecular formula is C47H63Cl3N4O27. The van der Waals surface area contributed by atoms with Gasteiger partial charge in [0.25, 0.3) is 3.79 Å².